The maximum Gasteiger partial charge on any atom is 0.263 e. The second kappa shape index (κ2) is 8.09. The van der Waals surface area contributed by atoms with Gasteiger partial charge in [-0.15, -0.1) is 0 Å². The van der Waals surface area contributed by atoms with Gasteiger partial charge in [0.2, 0.25) is 0 Å². The van der Waals surface area contributed by atoms with Crippen molar-refractivity contribution >= 4 is 27.2 Å². The van der Waals surface area contributed by atoms with Crippen LogP contribution in [0.25, 0.3) is 0 Å². The Morgan fingerprint density at radius 3 is 2.41 bits per heavy atom. The van der Waals surface area contributed by atoms with Gasteiger partial charge in [-0.2, -0.15) is 0 Å². The Labute approximate surface area is 159 Å². The zero-order valence-corrected chi connectivity index (χ0v) is 16.0. The van der Waals surface area contributed by atoms with E-state index in [4.69, 9.17) is 4.74 Å². The molecular formula is C20H21N3O3S. The van der Waals surface area contributed by atoms with E-state index in [2.05, 4.69) is 15.0 Å². The number of hydrogen-bond donors (Lipinski definition) is 2. The fourth-order valence-corrected chi connectivity index (χ4v) is 3.50. The molecule has 0 radical (unpaired) electrons. The van der Waals surface area contributed by atoms with Crippen LogP contribution in [-0.2, 0) is 10.0 Å². The van der Waals surface area contributed by atoms with Crippen LogP contribution >= 0.6 is 0 Å². The molecule has 1 aromatic heterocycles. The van der Waals surface area contributed by atoms with Gasteiger partial charge in [-0.25, -0.2) is 13.4 Å². The lowest BCUT2D eigenvalue weighted by atomic mass is 10.2. The molecule has 0 aliphatic heterocycles. The maximum atomic E-state index is 12.5. The summed E-state index contributed by atoms with van der Waals surface area (Å²) in [4.78, 5) is 4.33. The van der Waals surface area contributed by atoms with Crippen LogP contribution in [0, 0.1) is 6.92 Å². The van der Waals surface area contributed by atoms with Crippen molar-refractivity contribution in [1.29, 1.82) is 0 Å². The van der Waals surface area contributed by atoms with E-state index in [1.807, 2.05) is 38.1 Å². The lowest BCUT2D eigenvalue weighted by molar-refractivity contribution is 0.340. The van der Waals surface area contributed by atoms with Gasteiger partial charge in [-0.3, -0.25) is 4.72 Å². The Bertz CT molecular complexity index is 1000. The number of sulfonamides is 1. The van der Waals surface area contributed by atoms with Crippen molar-refractivity contribution < 1.29 is 13.2 Å². The molecule has 0 aliphatic carbocycles. The molecule has 0 bridgehead atoms. The Hall–Kier alpha value is -3.06. The molecule has 6 nitrogen and oxygen atoms in total. The van der Waals surface area contributed by atoms with Crippen molar-refractivity contribution in [2.75, 3.05) is 16.6 Å². The smallest absolute Gasteiger partial charge is 0.263 e. The van der Waals surface area contributed by atoms with Crippen LogP contribution < -0.4 is 14.8 Å². The number of pyridine rings is 1. The molecule has 0 fully saturated rings. The largest absolute Gasteiger partial charge is 0.494 e. The zero-order chi connectivity index (χ0) is 19.3. The average molecular weight is 383 g/mol. The summed E-state index contributed by atoms with van der Waals surface area (Å²) in [5.74, 6) is 0.875. The first-order valence-corrected chi connectivity index (χ1v) is 10.00. The summed E-state index contributed by atoms with van der Waals surface area (Å²) in [7, 11) is -3.71. The number of aryl methyl sites for hydroxylation is 1. The second-order valence-electron chi connectivity index (χ2n) is 5.94. The number of nitrogens with one attached hydrogen (secondary N) is 2. The van der Waals surface area contributed by atoms with Crippen molar-refractivity contribution in [3.05, 3.63) is 72.4 Å². The summed E-state index contributed by atoms with van der Waals surface area (Å²) in [5.41, 5.74) is 2.86. The van der Waals surface area contributed by atoms with Crippen LogP contribution in [-0.4, -0.2) is 20.0 Å². The molecule has 3 rings (SSSR count). The van der Waals surface area contributed by atoms with E-state index in [0.717, 1.165) is 16.9 Å². The van der Waals surface area contributed by atoms with Crippen LogP contribution in [0.3, 0.4) is 0 Å². The summed E-state index contributed by atoms with van der Waals surface area (Å²) in [6.45, 7) is 4.41. The first kappa shape index (κ1) is 18.7. The van der Waals surface area contributed by atoms with E-state index in [1.54, 1.807) is 30.5 Å². The van der Waals surface area contributed by atoms with Gasteiger partial charge in [0.05, 0.1) is 23.4 Å². The van der Waals surface area contributed by atoms with E-state index in [0.29, 0.717) is 12.4 Å². The van der Waals surface area contributed by atoms with Crippen molar-refractivity contribution in [3.63, 3.8) is 0 Å². The van der Waals surface area contributed by atoms with Gasteiger partial charge >= 0.3 is 0 Å². The van der Waals surface area contributed by atoms with Crippen molar-refractivity contribution in [1.82, 2.24) is 4.98 Å². The van der Waals surface area contributed by atoms with E-state index in [9.17, 15) is 8.42 Å². The van der Waals surface area contributed by atoms with E-state index in [-0.39, 0.29) is 10.7 Å². The highest BCUT2D eigenvalue weighted by atomic mass is 32.2. The molecule has 2 aromatic carbocycles. The number of rotatable bonds is 7. The molecule has 0 saturated carbocycles. The normalized spacial score (nSPS) is 11.0. The molecule has 0 atom stereocenters. The fourth-order valence-electron chi connectivity index (χ4n) is 2.50. The molecule has 1 heterocycles. The fraction of sp³-hybridized carbons (Fsp3) is 0.150. The molecule has 0 spiro atoms. The highest BCUT2D eigenvalue weighted by Gasteiger charge is 2.15. The minimum atomic E-state index is -3.71. The molecule has 0 saturated heterocycles. The minimum Gasteiger partial charge on any atom is -0.494 e. The Morgan fingerprint density at radius 1 is 1.00 bits per heavy atom. The van der Waals surface area contributed by atoms with Crippen LogP contribution in [0.15, 0.2) is 71.8 Å². The number of benzene rings is 2. The second-order valence-corrected chi connectivity index (χ2v) is 7.62. The molecule has 27 heavy (non-hydrogen) atoms. The van der Waals surface area contributed by atoms with E-state index < -0.39 is 10.0 Å². The zero-order valence-electron chi connectivity index (χ0n) is 15.1. The molecule has 0 unspecified atom stereocenters. The lowest BCUT2D eigenvalue weighted by Crippen LogP contribution is -2.13. The number of hydrogen-bond acceptors (Lipinski definition) is 5. The third-order valence-electron chi connectivity index (χ3n) is 3.75. The molecule has 140 valence electrons. The molecule has 3 aromatic rings. The predicted molar refractivity (Wildman–Crippen MR) is 107 cm³/mol. The first-order chi connectivity index (χ1) is 13.0. The Kier molecular flexibility index (Phi) is 5.61. The number of nitrogens with zero attached hydrogens (tertiary/aromatic N) is 1. The quantitative estimate of drug-likeness (QED) is 0.635. The summed E-state index contributed by atoms with van der Waals surface area (Å²) >= 11 is 0. The monoisotopic (exact) mass is 383 g/mol. The summed E-state index contributed by atoms with van der Waals surface area (Å²) in [6.07, 6.45) is 1.58. The Balaban J connectivity index is 1.69. The van der Waals surface area contributed by atoms with Gasteiger partial charge in [0, 0.05) is 5.69 Å². The number of ether oxygens (including phenoxy) is 1. The summed E-state index contributed by atoms with van der Waals surface area (Å²) in [5, 5.41) is 3.23. The maximum absolute atomic E-state index is 12.5. The van der Waals surface area contributed by atoms with Crippen molar-refractivity contribution in [2.45, 2.75) is 18.7 Å². The van der Waals surface area contributed by atoms with Crippen LogP contribution in [0.1, 0.15) is 12.5 Å². The highest BCUT2D eigenvalue weighted by molar-refractivity contribution is 7.92. The predicted octanol–water partition coefficient (Wildman–Crippen LogP) is 4.33. The Morgan fingerprint density at radius 2 is 1.78 bits per heavy atom. The summed E-state index contributed by atoms with van der Waals surface area (Å²) < 4.78 is 32.8. The molecule has 0 aliphatic rings. The molecule has 7 heteroatoms. The summed E-state index contributed by atoms with van der Waals surface area (Å²) in [6, 6.07) is 17.6. The van der Waals surface area contributed by atoms with Crippen LogP contribution in [0.4, 0.5) is 17.2 Å². The van der Waals surface area contributed by atoms with Crippen molar-refractivity contribution in [3.8, 4) is 5.75 Å². The number of aromatic nitrogens is 1. The van der Waals surface area contributed by atoms with E-state index in [1.165, 1.54) is 12.1 Å². The van der Waals surface area contributed by atoms with Gasteiger partial charge in [-0.1, -0.05) is 12.1 Å². The molecule has 2 N–H and O–H groups in total. The number of anilines is 3. The third kappa shape index (κ3) is 4.98. The molecule has 0 amide bonds. The van der Waals surface area contributed by atoms with Gasteiger partial charge < -0.3 is 10.1 Å². The minimum absolute atomic E-state index is 0.148. The van der Waals surface area contributed by atoms with Gasteiger partial charge in [0.15, 0.2) is 0 Å². The topological polar surface area (TPSA) is 80.3 Å². The van der Waals surface area contributed by atoms with Crippen LogP contribution in [0.5, 0.6) is 5.75 Å². The van der Waals surface area contributed by atoms with Gasteiger partial charge in [-0.05, 0) is 67.9 Å². The van der Waals surface area contributed by atoms with E-state index >= 15 is 0 Å². The average Bonchev–Trinajstić information content (AvgIpc) is 2.64. The van der Waals surface area contributed by atoms with Crippen molar-refractivity contribution in [2.24, 2.45) is 0 Å². The van der Waals surface area contributed by atoms with Gasteiger partial charge in [0.25, 0.3) is 10.0 Å². The van der Waals surface area contributed by atoms with Crippen LogP contribution in [0.2, 0.25) is 0 Å². The first-order valence-electron chi connectivity index (χ1n) is 8.52. The van der Waals surface area contributed by atoms with Gasteiger partial charge in [0.1, 0.15) is 11.6 Å². The third-order valence-corrected chi connectivity index (χ3v) is 5.12. The SMILES string of the molecule is CCOc1ccc(S(=O)(=O)Nc2ccc(Nc3cccc(C)c3)cn2)cc1. The standard InChI is InChI=1S/C20H21N3O3S/c1-3-26-18-8-10-19(11-9-18)27(24,25)23-20-12-7-17(14-21-20)22-16-6-4-5-15(2)13-16/h4-14,22H,3H2,1-2H3,(H,21,23). The molecular weight excluding hydrogens is 362 g/mol. The lowest BCUT2D eigenvalue weighted by Gasteiger charge is -2.10. The highest BCUT2D eigenvalue weighted by Crippen LogP contribution is 2.21.